The minimum Gasteiger partial charge on any atom is -0.444 e. The number of rotatable bonds is 8. The number of nitrogens with one attached hydrogen (secondary N) is 2. The van der Waals surface area contributed by atoms with Gasteiger partial charge in [0.15, 0.2) is 5.96 Å². The quantitative estimate of drug-likeness (QED) is 0.459. The molecule has 1 aliphatic heterocycles. The molecular formula is C20H41N5O4. The summed E-state index contributed by atoms with van der Waals surface area (Å²) in [4.78, 5) is 21.0. The van der Waals surface area contributed by atoms with Crippen molar-refractivity contribution in [2.45, 2.75) is 65.0 Å². The van der Waals surface area contributed by atoms with Crippen LogP contribution in [0.5, 0.6) is 0 Å². The number of guanidine groups is 1. The largest absolute Gasteiger partial charge is 0.444 e. The first-order chi connectivity index (χ1) is 13.4. The highest BCUT2D eigenvalue weighted by molar-refractivity contribution is 5.79. The van der Waals surface area contributed by atoms with Crippen molar-refractivity contribution < 1.29 is 19.0 Å². The number of hydrogen-bond acceptors (Lipinski definition) is 6. The van der Waals surface area contributed by atoms with Crippen LogP contribution in [0.2, 0.25) is 0 Å². The van der Waals surface area contributed by atoms with Crippen LogP contribution in [0, 0.1) is 0 Å². The minimum absolute atomic E-state index is 0.136. The number of ether oxygens (including phenoxy) is 3. The SMILES string of the molecule is CN=C(NCCN(C)CCOC)NCC1C(C)OC(C)(C)N1C(=O)OC(C)(C)C. The Kier molecular flexibility index (Phi) is 9.64. The summed E-state index contributed by atoms with van der Waals surface area (Å²) < 4.78 is 16.7. The Hall–Kier alpha value is -1.58. The number of methoxy groups -OCH3 is 1. The third-order valence-corrected chi connectivity index (χ3v) is 4.68. The number of carbonyl (C=O) groups excluding carboxylic acids is 1. The van der Waals surface area contributed by atoms with Crippen molar-refractivity contribution in [1.29, 1.82) is 0 Å². The molecule has 1 rings (SSSR count). The first-order valence-corrected chi connectivity index (χ1v) is 10.2. The molecule has 1 aliphatic rings. The molecule has 0 aromatic carbocycles. The molecule has 2 atom stereocenters. The Bertz CT molecular complexity index is 547. The molecule has 1 amide bonds. The molecule has 0 aromatic heterocycles. The van der Waals surface area contributed by atoms with Crippen LogP contribution in [-0.2, 0) is 14.2 Å². The van der Waals surface area contributed by atoms with Gasteiger partial charge in [0, 0.05) is 40.3 Å². The van der Waals surface area contributed by atoms with E-state index in [1.165, 1.54) is 0 Å². The van der Waals surface area contributed by atoms with Gasteiger partial charge in [0.25, 0.3) is 0 Å². The van der Waals surface area contributed by atoms with Crippen LogP contribution in [0.3, 0.4) is 0 Å². The zero-order valence-corrected chi connectivity index (χ0v) is 19.7. The third-order valence-electron chi connectivity index (χ3n) is 4.68. The molecule has 0 saturated carbocycles. The topological polar surface area (TPSA) is 87.7 Å². The van der Waals surface area contributed by atoms with E-state index in [2.05, 4.69) is 27.6 Å². The van der Waals surface area contributed by atoms with Gasteiger partial charge in [0.2, 0.25) is 0 Å². The molecule has 0 radical (unpaired) electrons. The lowest BCUT2D eigenvalue weighted by Gasteiger charge is -2.35. The Morgan fingerprint density at radius 3 is 2.48 bits per heavy atom. The maximum Gasteiger partial charge on any atom is 0.412 e. The molecule has 0 aromatic rings. The van der Waals surface area contributed by atoms with E-state index in [-0.39, 0.29) is 18.2 Å². The molecule has 9 nitrogen and oxygen atoms in total. The highest BCUT2D eigenvalue weighted by Gasteiger charge is 2.49. The molecule has 1 saturated heterocycles. The number of amides is 1. The Labute approximate surface area is 176 Å². The molecule has 0 spiro atoms. The highest BCUT2D eigenvalue weighted by Crippen LogP contribution is 2.33. The molecule has 0 aliphatic carbocycles. The van der Waals surface area contributed by atoms with Crippen molar-refractivity contribution in [3.63, 3.8) is 0 Å². The average molecular weight is 416 g/mol. The minimum atomic E-state index is -0.741. The number of likely N-dealkylation sites (N-methyl/N-ethyl adjacent to an activating group) is 1. The van der Waals surface area contributed by atoms with Crippen LogP contribution in [0.1, 0.15) is 41.5 Å². The van der Waals surface area contributed by atoms with E-state index >= 15 is 0 Å². The molecule has 0 bridgehead atoms. The summed E-state index contributed by atoms with van der Waals surface area (Å²) in [6.07, 6.45) is -0.510. The van der Waals surface area contributed by atoms with Crippen LogP contribution in [0.25, 0.3) is 0 Å². The molecule has 2 N–H and O–H groups in total. The summed E-state index contributed by atoms with van der Waals surface area (Å²) >= 11 is 0. The van der Waals surface area contributed by atoms with E-state index in [1.807, 2.05) is 41.5 Å². The second kappa shape index (κ2) is 11.0. The van der Waals surface area contributed by atoms with Crippen LogP contribution >= 0.6 is 0 Å². The highest BCUT2D eigenvalue weighted by atomic mass is 16.6. The fourth-order valence-electron chi connectivity index (χ4n) is 3.27. The van der Waals surface area contributed by atoms with Crippen molar-refractivity contribution in [2.75, 3.05) is 54.0 Å². The summed E-state index contributed by atoms with van der Waals surface area (Å²) in [5.41, 5.74) is -1.31. The second-order valence-electron chi connectivity index (χ2n) is 8.86. The molecule has 2 unspecified atom stereocenters. The lowest BCUT2D eigenvalue weighted by atomic mass is 10.1. The maximum absolute atomic E-state index is 12.8. The standard InChI is InChI=1S/C20H41N5O4/c1-15-16(25(20(5,6)28-15)18(26)29-19(2,3)4)14-23-17(21-7)22-10-11-24(8)12-13-27-9/h15-16H,10-14H2,1-9H3,(H2,21,22,23). The maximum atomic E-state index is 12.8. The van der Waals surface area contributed by atoms with Gasteiger partial charge in [-0.15, -0.1) is 0 Å². The fraction of sp³-hybridized carbons (Fsp3) is 0.900. The number of hydrogen-bond donors (Lipinski definition) is 2. The van der Waals surface area contributed by atoms with Gasteiger partial charge < -0.3 is 29.7 Å². The van der Waals surface area contributed by atoms with Gasteiger partial charge in [0.05, 0.1) is 18.8 Å². The average Bonchev–Trinajstić information content (AvgIpc) is 2.82. The van der Waals surface area contributed by atoms with Gasteiger partial charge >= 0.3 is 6.09 Å². The molecule has 9 heteroatoms. The zero-order chi connectivity index (χ0) is 22.2. The van der Waals surface area contributed by atoms with Gasteiger partial charge in [-0.05, 0) is 48.6 Å². The van der Waals surface area contributed by atoms with Gasteiger partial charge in [-0.2, -0.15) is 0 Å². The second-order valence-corrected chi connectivity index (χ2v) is 8.86. The van der Waals surface area contributed by atoms with E-state index in [9.17, 15) is 4.79 Å². The predicted octanol–water partition coefficient (Wildman–Crippen LogP) is 1.49. The number of nitrogens with zero attached hydrogens (tertiary/aromatic N) is 3. The number of aliphatic imine (C=N–C) groups is 1. The van der Waals surface area contributed by atoms with Crippen molar-refractivity contribution in [3.05, 3.63) is 0 Å². The fourth-order valence-corrected chi connectivity index (χ4v) is 3.27. The van der Waals surface area contributed by atoms with E-state index in [1.54, 1.807) is 19.1 Å². The van der Waals surface area contributed by atoms with E-state index in [0.717, 1.165) is 19.6 Å². The number of carbonyl (C=O) groups is 1. The summed E-state index contributed by atoms with van der Waals surface area (Å²) in [6.45, 7) is 15.0. The van der Waals surface area contributed by atoms with Gasteiger partial charge in [-0.3, -0.25) is 9.89 Å². The van der Waals surface area contributed by atoms with Crippen LogP contribution in [-0.4, -0.2) is 99.3 Å². The molecule has 170 valence electrons. The third kappa shape index (κ3) is 8.36. The summed E-state index contributed by atoms with van der Waals surface area (Å²) in [6, 6.07) is -0.178. The lowest BCUT2D eigenvalue weighted by Crippen LogP contribution is -2.54. The Morgan fingerprint density at radius 2 is 1.93 bits per heavy atom. The summed E-state index contributed by atoms with van der Waals surface area (Å²) in [5, 5.41) is 6.61. The first kappa shape index (κ1) is 25.5. The molecule has 29 heavy (non-hydrogen) atoms. The Morgan fingerprint density at radius 1 is 1.28 bits per heavy atom. The van der Waals surface area contributed by atoms with Crippen LogP contribution in [0.15, 0.2) is 4.99 Å². The van der Waals surface area contributed by atoms with Gasteiger partial charge in [-0.25, -0.2) is 4.79 Å². The summed E-state index contributed by atoms with van der Waals surface area (Å²) in [5.74, 6) is 0.686. The predicted molar refractivity (Wildman–Crippen MR) is 115 cm³/mol. The molecule has 1 heterocycles. The van der Waals surface area contributed by atoms with Gasteiger partial charge in [0.1, 0.15) is 11.3 Å². The Balaban J connectivity index is 2.64. The molecule has 1 fully saturated rings. The smallest absolute Gasteiger partial charge is 0.412 e. The summed E-state index contributed by atoms with van der Waals surface area (Å²) in [7, 11) is 5.48. The van der Waals surface area contributed by atoms with Crippen LogP contribution < -0.4 is 10.6 Å². The van der Waals surface area contributed by atoms with E-state index in [0.29, 0.717) is 19.1 Å². The monoisotopic (exact) mass is 415 g/mol. The van der Waals surface area contributed by atoms with E-state index < -0.39 is 11.3 Å². The van der Waals surface area contributed by atoms with Crippen molar-refractivity contribution in [1.82, 2.24) is 20.4 Å². The van der Waals surface area contributed by atoms with Gasteiger partial charge in [-0.1, -0.05) is 0 Å². The van der Waals surface area contributed by atoms with Crippen LogP contribution in [0.4, 0.5) is 4.79 Å². The van der Waals surface area contributed by atoms with Crippen molar-refractivity contribution >= 4 is 12.1 Å². The lowest BCUT2D eigenvalue weighted by molar-refractivity contribution is -0.0755. The first-order valence-electron chi connectivity index (χ1n) is 10.2. The van der Waals surface area contributed by atoms with E-state index in [4.69, 9.17) is 14.2 Å². The van der Waals surface area contributed by atoms with Crippen molar-refractivity contribution in [3.8, 4) is 0 Å². The zero-order valence-electron chi connectivity index (χ0n) is 19.7. The van der Waals surface area contributed by atoms with Crippen molar-refractivity contribution in [2.24, 2.45) is 4.99 Å². The molecular weight excluding hydrogens is 374 g/mol. The normalized spacial score (nSPS) is 22.1.